The molecule has 0 aliphatic carbocycles. The first-order chi connectivity index (χ1) is 5.27. The van der Waals surface area contributed by atoms with Gasteiger partial charge in [0.2, 0.25) is 0 Å². The minimum absolute atomic E-state index is 0.0815. The van der Waals surface area contributed by atoms with Crippen molar-refractivity contribution < 1.29 is 14.9 Å². The lowest BCUT2D eigenvalue weighted by Gasteiger charge is -2.02. The second kappa shape index (κ2) is 2.17. The van der Waals surface area contributed by atoms with Gasteiger partial charge in [-0.25, -0.2) is 0 Å². The van der Waals surface area contributed by atoms with Crippen molar-refractivity contribution in [3.05, 3.63) is 12.1 Å². The van der Waals surface area contributed by atoms with Crippen LogP contribution in [0, 0.1) is 0 Å². The summed E-state index contributed by atoms with van der Waals surface area (Å²) in [6.45, 7) is 1.25. The molecule has 4 nitrogen and oxygen atoms in total. The molecule has 0 amide bonds. The fourth-order valence-corrected chi connectivity index (χ4v) is 1.01. The van der Waals surface area contributed by atoms with Gasteiger partial charge in [-0.05, 0) is 0 Å². The average Bonchev–Trinajstić information content (AvgIpc) is 2.73. The lowest BCUT2D eigenvalue weighted by Crippen LogP contribution is -2.02. The molecule has 1 aromatic rings. The lowest BCUT2D eigenvalue weighted by molar-refractivity contribution is 0.329. The molecular weight excluding hydrogens is 146 g/mol. The third kappa shape index (κ3) is 1.17. The molecule has 0 aromatic carbocycles. The quantitative estimate of drug-likeness (QED) is 0.604. The van der Waals surface area contributed by atoms with E-state index >= 15 is 0 Å². The predicted molar refractivity (Wildman–Crippen MR) is 37.5 cm³/mol. The zero-order valence-electron chi connectivity index (χ0n) is 5.90. The largest absolute Gasteiger partial charge is 0.494 e. The summed E-state index contributed by atoms with van der Waals surface area (Å²) in [6, 6.07) is 2.91. The summed E-state index contributed by atoms with van der Waals surface area (Å²) in [5.74, 6) is 0.163. The molecule has 1 aliphatic rings. The van der Waals surface area contributed by atoms with E-state index in [1.54, 1.807) is 0 Å². The zero-order valence-corrected chi connectivity index (χ0v) is 5.90. The van der Waals surface area contributed by atoms with Crippen LogP contribution in [0.4, 0.5) is 0 Å². The number of aromatic hydroxyl groups is 2. The number of epoxide rings is 1. The van der Waals surface area contributed by atoms with E-state index in [1.165, 1.54) is 16.7 Å². The monoisotopic (exact) mass is 155 g/mol. The maximum Gasteiger partial charge on any atom is 0.193 e. The molecule has 0 spiro atoms. The van der Waals surface area contributed by atoms with Crippen LogP contribution in [-0.4, -0.2) is 27.5 Å². The van der Waals surface area contributed by atoms with Gasteiger partial charge in [0, 0.05) is 12.1 Å². The van der Waals surface area contributed by atoms with E-state index in [2.05, 4.69) is 0 Å². The van der Waals surface area contributed by atoms with Crippen LogP contribution in [0.25, 0.3) is 0 Å². The number of hydrogen-bond acceptors (Lipinski definition) is 3. The summed E-state index contributed by atoms with van der Waals surface area (Å²) in [5, 5.41) is 18.3. The summed E-state index contributed by atoms with van der Waals surface area (Å²) in [7, 11) is 0. The highest BCUT2D eigenvalue weighted by Gasteiger charge is 2.24. The summed E-state index contributed by atoms with van der Waals surface area (Å²) in [5.41, 5.74) is 0. The van der Waals surface area contributed by atoms with Gasteiger partial charge >= 0.3 is 0 Å². The molecule has 1 aliphatic heterocycles. The van der Waals surface area contributed by atoms with E-state index < -0.39 is 0 Å². The molecule has 4 heteroatoms. The Morgan fingerprint density at radius 1 is 1.45 bits per heavy atom. The van der Waals surface area contributed by atoms with Gasteiger partial charge in [-0.15, -0.1) is 0 Å². The van der Waals surface area contributed by atoms with Crippen molar-refractivity contribution in [3.63, 3.8) is 0 Å². The molecule has 11 heavy (non-hydrogen) atoms. The molecule has 1 atom stereocenters. The van der Waals surface area contributed by atoms with Crippen LogP contribution >= 0.6 is 0 Å². The smallest absolute Gasteiger partial charge is 0.193 e. The first kappa shape index (κ1) is 6.54. The molecule has 1 aromatic heterocycles. The van der Waals surface area contributed by atoms with E-state index in [0.717, 1.165) is 6.61 Å². The molecule has 0 bridgehead atoms. The number of hydrogen-bond donors (Lipinski definition) is 2. The SMILES string of the molecule is Oc1ccc(O)n1CC1CO1. The fourth-order valence-electron chi connectivity index (χ4n) is 1.01. The maximum absolute atomic E-state index is 9.16. The third-order valence-electron chi connectivity index (χ3n) is 1.72. The molecule has 0 radical (unpaired) electrons. The number of ether oxygens (including phenoxy) is 1. The Labute approximate surface area is 63.6 Å². The first-order valence-electron chi connectivity index (χ1n) is 3.46. The van der Waals surface area contributed by atoms with Gasteiger partial charge in [0.1, 0.15) is 0 Å². The Morgan fingerprint density at radius 3 is 2.45 bits per heavy atom. The van der Waals surface area contributed by atoms with Gasteiger partial charge < -0.3 is 14.9 Å². The van der Waals surface area contributed by atoms with Gasteiger partial charge in [0.05, 0.1) is 19.3 Å². The number of rotatable bonds is 2. The Balaban J connectivity index is 2.19. The molecule has 2 heterocycles. The van der Waals surface area contributed by atoms with Crippen LogP contribution in [0.3, 0.4) is 0 Å². The Morgan fingerprint density at radius 2 is 2.00 bits per heavy atom. The van der Waals surface area contributed by atoms with Crippen molar-refractivity contribution in [2.45, 2.75) is 12.6 Å². The van der Waals surface area contributed by atoms with Gasteiger partial charge in [0.25, 0.3) is 0 Å². The number of aromatic nitrogens is 1. The molecule has 1 saturated heterocycles. The molecule has 60 valence electrons. The van der Waals surface area contributed by atoms with E-state index in [-0.39, 0.29) is 17.9 Å². The van der Waals surface area contributed by atoms with Crippen molar-refractivity contribution in [2.75, 3.05) is 6.61 Å². The predicted octanol–water partition coefficient (Wildman–Crippen LogP) is 0.298. The van der Waals surface area contributed by atoms with E-state index in [1.807, 2.05) is 0 Å². The minimum Gasteiger partial charge on any atom is -0.494 e. The van der Waals surface area contributed by atoms with E-state index in [9.17, 15) is 0 Å². The van der Waals surface area contributed by atoms with Gasteiger partial charge in [-0.2, -0.15) is 0 Å². The van der Waals surface area contributed by atoms with Crippen LogP contribution in [0.2, 0.25) is 0 Å². The van der Waals surface area contributed by atoms with Crippen molar-refractivity contribution in [1.82, 2.24) is 4.57 Å². The van der Waals surface area contributed by atoms with Gasteiger partial charge in [0.15, 0.2) is 11.8 Å². The molecule has 0 saturated carbocycles. The van der Waals surface area contributed by atoms with Crippen LogP contribution in [-0.2, 0) is 11.3 Å². The maximum atomic E-state index is 9.16. The van der Waals surface area contributed by atoms with Crippen molar-refractivity contribution >= 4 is 0 Å². The second-order valence-corrected chi connectivity index (χ2v) is 2.62. The average molecular weight is 155 g/mol. The number of nitrogens with zero attached hydrogens (tertiary/aromatic N) is 1. The highest BCUT2D eigenvalue weighted by molar-refractivity contribution is 5.23. The topological polar surface area (TPSA) is 57.9 Å². The van der Waals surface area contributed by atoms with E-state index in [4.69, 9.17) is 14.9 Å². The van der Waals surface area contributed by atoms with E-state index in [0.29, 0.717) is 6.54 Å². The molecule has 1 fully saturated rings. The minimum atomic E-state index is 0.0815. The summed E-state index contributed by atoms with van der Waals surface area (Å²) in [4.78, 5) is 0. The van der Waals surface area contributed by atoms with Crippen LogP contribution in [0.5, 0.6) is 11.8 Å². The normalized spacial score (nSPS) is 22.0. The zero-order chi connectivity index (χ0) is 7.84. The Kier molecular flexibility index (Phi) is 1.29. The molecule has 2 rings (SSSR count). The highest BCUT2D eigenvalue weighted by atomic mass is 16.6. The Bertz CT molecular complexity index is 245. The van der Waals surface area contributed by atoms with Gasteiger partial charge in [-0.1, -0.05) is 0 Å². The third-order valence-corrected chi connectivity index (χ3v) is 1.72. The van der Waals surface area contributed by atoms with Crippen molar-refractivity contribution in [2.24, 2.45) is 0 Å². The standard InChI is InChI=1S/C7H9NO3/c9-6-1-2-7(10)8(6)3-5-4-11-5/h1-2,5,9-10H,3-4H2. The van der Waals surface area contributed by atoms with Crippen LogP contribution < -0.4 is 0 Å². The van der Waals surface area contributed by atoms with Crippen LogP contribution in [0.15, 0.2) is 12.1 Å². The van der Waals surface area contributed by atoms with Crippen LogP contribution in [0.1, 0.15) is 0 Å². The van der Waals surface area contributed by atoms with Crippen molar-refractivity contribution in [3.8, 4) is 11.8 Å². The lowest BCUT2D eigenvalue weighted by atomic mass is 10.5. The summed E-state index contributed by atoms with van der Waals surface area (Å²) in [6.07, 6.45) is 0.166. The Hall–Kier alpha value is -1.16. The molecule has 1 unspecified atom stereocenters. The van der Waals surface area contributed by atoms with Crippen molar-refractivity contribution in [1.29, 1.82) is 0 Å². The summed E-state index contributed by atoms with van der Waals surface area (Å²) >= 11 is 0. The summed E-state index contributed by atoms with van der Waals surface area (Å²) < 4.78 is 6.36. The first-order valence-corrected chi connectivity index (χ1v) is 3.46. The fraction of sp³-hybridized carbons (Fsp3) is 0.429. The molecule has 2 N–H and O–H groups in total. The van der Waals surface area contributed by atoms with Gasteiger partial charge in [-0.3, -0.25) is 4.57 Å². The highest BCUT2D eigenvalue weighted by Crippen LogP contribution is 2.24. The second-order valence-electron chi connectivity index (χ2n) is 2.62. The molecular formula is C7H9NO3.